The highest BCUT2D eigenvalue weighted by Gasteiger charge is 2.47. The van der Waals surface area contributed by atoms with Crippen molar-refractivity contribution in [1.29, 1.82) is 0 Å². The number of esters is 1. The number of carbonyl (C=O) groups is 3. The molecule has 1 aliphatic heterocycles. The average Bonchev–Trinajstić information content (AvgIpc) is 3.11. The summed E-state index contributed by atoms with van der Waals surface area (Å²) in [7, 11) is 0. The molecule has 5 rings (SSSR count). The number of carbonyl (C=O) groups excluding carboxylic acids is 3. The van der Waals surface area contributed by atoms with Crippen molar-refractivity contribution in [3.05, 3.63) is 98.1 Å². The van der Waals surface area contributed by atoms with Gasteiger partial charge in [0.25, 0.3) is 0 Å². The Bertz CT molecular complexity index is 1610. The normalized spacial score (nSPS) is 22.1. The summed E-state index contributed by atoms with van der Waals surface area (Å²) in [6, 6.07) is 6.19. The first kappa shape index (κ1) is 30.0. The molecule has 6 nitrogen and oxygen atoms in total. The van der Waals surface area contributed by atoms with E-state index < -0.39 is 45.9 Å². The van der Waals surface area contributed by atoms with E-state index in [9.17, 15) is 19.5 Å². The average molecular weight is 607 g/mol. The molecule has 0 aromatic heterocycles. The smallest absolute Gasteiger partial charge is 0.338 e. The van der Waals surface area contributed by atoms with Crippen LogP contribution in [0.1, 0.15) is 90.7 Å². The summed E-state index contributed by atoms with van der Waals surface area (Å²) in [4.78, 5) is 45.3. The summed E-state index contributed by atoms with van der Waals surface area (Å²) in [5.74, 6) is -2.35. The van der Waals surface area contributed by atoms with Crippen LogP contribution in [0.3, 0.4) is 0 Å². The minimum atomic E-state index is -1.15. The van der Waals surface area contributed by atoms with E-state index in [4.69, 9.17) is 32.9 Å². The molecule has 0 amide bonds. The van der Waals surface area contributed by atoms with Gasteiger partial charge in [-0.1, -0.05) is 83.0 Å². The summed E-state index contributed by atoms with van der Waals surface area (Å²) in [6.07, 6.45) is 8.03. The third-order valence-corrected chi connectivity index (χ3v) is 8.82. The molecule has 2 atom stereocenters. The zero-order valence-electron chi connectivity index (χ0n) is 24.6. The van der Waals surface area contributed by atoms with Crippen LogP contribution in [-0.4, -0.2) is 40.0 Å². The van der Waals surface area contributed by atoms with Crippen molar-refractivity contribution in [3.8, 4) is 5.75 Å². The van der Waals surface area contributed by atoms with Crippen molar-refractivity contribution >= 4 is 46.4 Å². The Morgan fingerprint density at radius 3 is 1.93 bits per heavy atom. The molecule has 0 radical (unpaired) electrons. The monoisotopic (exact) mass is 605 g/mol. The number of phenols is 1. The summed E-state index contributed by atoms with van der Waals surface area (Å²) < 4.78 is 6.09. The van der Waals surface area contributed by atoms with Crippen LogP contribution in [0.5, 0.6) is 5.75 Å². The lowest BCUT2D eigenvalue weighted by atomic mass is 9.78. The number of rotatable bonds is 3. The third-order valence-electron chi connectivity index (χ3n) is 8.10. The number of allylic oxidation sites excluding steroid dienone is 3. The second kappa shape index (κ2) is 10.1. The molecule has 0 bridgehead atoms. The molecular formula is C34H33Cl2NO5. The van der Waals surface area contributed by atoms with E-state index in [0.29, 0.717) is 16.7 Å². The van der Waals surface area contributed by atoms with Crippen molar-refractivity contribution in [2.75, 3.05) is 0 Å². The standard InChI is InChI=1S/C34H33Cl2NO5/c1-32(2,3)21-13-17(14-22(30(21)40)33(4,5)6)31(41)42-26-10-8-9-18-11-12-25(37-34(18,26)7)27-28(38)19-15-23(35)24(36)16-20(19)29(27)39/h8-16,26-27,40H,1-7H3. The molecule has 2 unspecified atom stereocenters. The number of ketones is 2. The topological polar surface area (TPSA) is 93.0 Å². The fraction of sp³-hybridized carbons (Fsp3) is 0.353. The Morgan fingerprint density at radius 2 is 1.43 bits per heavy atom. The molecule has 1 heterocycles. The van der Waals surface area contributed by atoms with Crippen LogP contribution in [-0.2, 0) is 15.6 Å². The molecule has 0 saturated heterocycles. The predicted octanol–water partition coefficient (Wildman–Crippen LogP) is 7.78. The minimum absolute atomic E-state index is 0.169. The maximum atomic E-state index is 13.7. The van der Waals surface area contributed by atoms with Crippen molar-refractivity contribution in [3.63, 3.8) is 0 Å². The maximum Gasteiger partial charge on any atom is 0.338 e. The second-order valence-corrected chi connectivity index (χ2v) is 14.1. The molecule has 2 aromatic carbocycles. The number of hydrogen-bond donors (Lipinski definition) is 1. The van der Waals surface area contributed by atoms with E-state index in [1.807, 2.05) is 54.5 Å². The number of Topliss-reactive ketones (excluding diaryl/α,β-unsaturated/α-hetero) is 2. The summed E-state index contributed by atoms with van der Waals surface area (Å²) in [5, 5.41) is 11.5. The molecule has 3 aliphatic rings. The fourth-order valence-corrected chi connectivity index (χ4v) is 5.99. The van der Waals surface area contributed by atoms with E-state index >= 15 is 0 Å². The van der Waals surface area contributed by atoms with Crippen LogP contribution < -0.4 is 0 Å². The number of aliphatic imine (C=N–C) groups is 1. The Labute approximate surface area is 255 Å². The number of ether oxygens (including phenoxy) is 1. The molecular weight excluding hydrogens is 573 g/mol. The first-order valence-corrected chi connectivity index (χ1v) is 14.5. The van der Waals surface area contributed by atoms with Gasteiger partial charge in [0.1, 0.15) is 23.3 Å². The maximum absolute atomic E-state index is 13.7. The van der Waals surface area contributed by atoms with Crippen LogP contribution in [0, 0.1) is 5.92 Å². The zero-order valence-corrected chi connectivity index (χ0v) is 26.1. The molecule has 8 heteroatoms. The highest BCUT2D eigenvalue weighted by molar-refractivity contribution is 6.44. The molecule has 218 valence electrons. The number of aromatic hydroxyl groups is 1. The number of nitrogens with zero attached hydrogens (tertiary/aromatic N) is 1. The number of phenolic OH excluding ortho intramolecular Hbond substituents is 1. The second-order valence-electron chi connectivity index (χ2n) is 13.2. The van der Waals surface area contributed by atoms with Crippen molar-refractivity contribution < 1.29 is 24.2 Å². The Morgan fingerprint density at radius 1 is 0.905 bits per heavy atom. The largest absolute Gasteiger partial charge is 0.507 e. The lowest BCUT2D eigenvalue weighted by Crippen LogP contribution is -2.45. The van der Waals surface area contributed by atoms with Gasteiger partial charge in [-0.05, 0) is 59.7 Å². The lowest BCUT2D eigenvalue weighted by molar-refractivity contribution is 0.0285. The van der Waals surface area contributed by atoms with Gasteiger partial charge < -0.3 is 9.84 Å². The van der Waals surface area contributed by atoms with E-state index in [2.05, 4.69) is 0 Å². The fourth-order valence-electron chi connectivity index (χ4n) is 5.66. The molecule has 0 fully saturated rings. The van der Waals surface area contributed by atoms with Gasteiger partial charge in [-0.25, -0.2) is 4.79 Å². The molecule has 2 aliphatic carbocycles. The van der Waals surface area contributed by atoms with Gasteiger partial charge in [0.2, 0.25) is 0 Å². The Hall–Kier alpha value is -3.48. The Kier molecular flexibility index (Phi) is 7.19. The SMILES string of the molecule is CC(C)(C)c1cc(C(=O)OC2C=CC=C3C=CC(C4C(=O)c5cc(Cl)c(Cl)cc5C4=O)=NC32C)cc(C(C)(C)C)c1O. The molecule has 0 spiro atoms. The molecule has 2 aromatic rings. The van der Waals surface area contributed by atoms with Crippen LogP contribution >= 0.6 is 23.2 Å². The summed E-state index contributed by atoms with van der Waals surface area (Å²) in [5.41, 5.74) is 1.14. The van der Waals surface area contributed by atoms with Crippen LogP contribution in [0.2, 0.25) is 10.0 Å². The predicted molar refractivity (Wildman–Crippen MR) is 166 cm³/mol. The Balaban J connectivity index is 1.50. The van der Waals surface area contributed by atoms with Gasteiger partial charge in [-0.2, -0.15) is 0 Å². The lowest BCUT2D eigenvalue weighted by Gasteiger charge is -2.38. The number of halogens is 2. The molecule has 0 saturated carbocycles. The van der Waals surface area contributed by atoms with Gasteiger partial charge in [-0.15, -0.1) is 0 Å². The van der Waals surface area contributed by atoms with Crippen molar-refractivity contribution in [2.45, 2.75) is 70.9 Å². The van der Waals surface area contributed by atoms with Gasteiger partial charge in [0, 0.05) is 22.3 Å². The zero-order chi connectivity index (χ0) is 30.9. The number of hydrogen-bond acceptors (Lipinski definition) is 6. The molecule has 1 N–H and O–H groups in total. The van der Waals surface area contributed by atoms with E-state index in [0.717, 1.165) is 5.57 Å². The van der Waals surface area contributed by atoms with Crippen molar-refractivity contribution in [1.82, 2.24) is 0 Å². The van der Waals surface area contributed by atoms with Gasteiger partial charge in [0.15, 0.2) is 11.6 Å². The van der Waals surface area contributed by atoms with Crippen molar-refractivity contribution in [2.24, 2.45) is 10.9 Å². The van der Waals surface area contributed by atoms with Crippen LogP contribution in [0.25, 0.3) is 0 Å². The van der Waals surface area contributed by atoms with E-state index in [1.54, 1.807) is 36.4 Å². The summed E-state index contributed by atoms with van der Waals surface area (Å²) >= 11 is 12.3. The van der Waals surface area contributed by atoms with E-state index in [1.165, 1.54) is 12.1 Å². The number of fused-ring (bicyclic) bond motifs is 2. The van der Waals surface area contributed by atoms with Gasteiger partial charge in [-0.3, -0.25) is 14.6 Å². The quantitative estimate of drug-likeness (QED) is 0.285. The molecule has 42 heavy (non-hydrogen) atoms. The first-order chi connectivity index (χ1) is 19.4. The summed E-state index contributed by atoms with van der Waals surface area (Å²) in [6.45, 7) is 13.7. The van der Waals surface area contributed by atoms with Crippen LogP contribution in [0.4, 0.5) is 0 Å². The first-order valence-electron chi connectivity index (χ1n) is 13.8. The highest BCUT2D eigenvalue weighted by atomic mass is 35.5. The van der Waals surface area contributed by atoms with Crippen LogP contribution in [0.15, 0.2) is 65.2 Å². The number of benzene rings is 2. The number of dihydropyridines is 1. The van der Waals surface area contributed by atoms with Gasteiger partial charge >= 0.3 is 5.97 Å². The minimum Gasteiger partial charge on any atom is -0.507 e. The highest BCUT2D eigenvalue weighted by Crippen LogP contribution is 2.42. The third kappa shape index (κ3) is 4.95. The van der Waals surface area contributed by atoms with E-state index in [-0.39, 0.29) is 32.6 Å². The van der Waals surface area contributed by atoms with Gasteiger partial charge in [0.05, 0.1) is 21.3 Å².